The van der Waals surface area contributed by atoms with Gasteiger partial charge in [-0.1, -0.05) is 30.3 Å². The molecule has 0 aromatic heterocycles. The van der Waals surface area contributed by atoms with E-state index in [-0.39, 0.29) is 19.3 Å². The molecule has 8 N–H and O–H groups in total. The van der Waals surface area contributed by atoms with Gasteiger partial charge in [0.2, 0.25) is 11.8 Å². The third-order valence-electron chi connectivity index (χ3n) is 3.41. The van der Waals surface area contributed by atoms with Crippen LogP contribution in [-0.2, 0) is 25.6 Å². The first-order valence-electron chi connectivity index (χ1n) is 8.53. The standard InChI is InChI=1S/C9H16N2O5.C9H11NO2/c1-5(12)4-8(14)11-6(9(15)16)2-3-7(10)13;10-8(9(11)12)6-7-4-2-1-3-5-7/h5-6,12H,2-4H2,1H3,(H2,10,13)(H,11,14)(H,15,16);1-5,8H,6,10H2,(H,11,12). The van der Waals surface area contributed by atoms with Crippen molar-refractivity contribution in [3.05, 3.63) is 35.9 Å². The number of rotatable bonds is 10. The van der Waals surface area contributed by atoms with Crippen LogP contribution in [0.2, 0.25) is 0 Å². The van der Waals surface area contributed by atoms with E-state index in [9.17, 15) is 19.2 Å². The maximum atomic E-state index is 11.2. The summed E-state index contributed by atoms with van der Waals surface area (Å²) in [7, 11) is 0. The van der Waals surface area contributed by atoms with Crippen molar-refractivity contribution in [3.63, 3.8) is 0 Å². The number of aliphatic carboxylic acids is 2. The normalized spacial score (nSPS) is 13.2. The first-order chi connectivity index (χ1) is 13.0. The second kappa shape index (κ2) is 13.2. The number of aliphatic hydroxyl groups excluding tert-OH is 1. The number of carboxylic acids is 2. The molecule has 0 spiro atoms. The van der Waals surface area contributed by atoms with Crippen LogP contribution in [0, 0.1) is 0 Å². The molecule has 1 aromatic rings. The molecule has 1 aromatic carbocycles. The maximum Gasteiger partial charge on any atom is 0.326 e. The summed E-state index contributed by atoms with van der Waals surface area (Å²) in [6, 6.07) is 7.39. The first-order valence-corrected chi connectivity index (χ1v) is 8.53. The van der Waals surface area contributed by atoms with Gasteiger partial charge >= 0.3 is 11.9 Å². The molecule has 0 saturated heterocycles. The lowest BCUT2D eigenvalue weighted by Gasteiger charge is -2.14. The van der Waals surface area contributed by atoms with E-state index in [1.54, 1.807) is 0 Å². The first kappa shape index (κ1) is 25.0. The number of nitrogens with one attached hydrogen (secondary N) is 1. The van der Waals surface area contributed by atoms with Crippen molar-refractivity contribution >= 4 is 23.8 Å². The van der Waals surface area contributed by atoms with Gasteiger partial charge in [-0.3, -0.25) is 14.4 Å². The molecule has 0 radical (unpaired) electrons. The Morgan fingerprint density at radius 1 is 1.07 bits per heavy atom. The van der Waals surface area contributed by atoms with Crippen LogP contribution in [0.5, 0.6) is 0 Å². The number of aliphatic hydroxyl groups is 1. The zero-order valence-electron chi connectivity index (χ0n) is 15.6. The lowest BCUT2D eigenvalue weighted by molar-refractivity contribution is -0.142. The number of nitrogens with two attached hydrogens (primary N) is 2. The zero-order valence-corrected chi connectivity index (χ0v) is 15.6. The summed E-state index contributed by atoms with van der Waals surface area (Å²) in [4.78, 5) is 42.7. The highest BCUT2D eigenvalue weighted by molar-refractivity contribution is 5.84. The van der Waals surface area contributed by atoms with E-state index < -0.39 is 41.9 Å². The SMILES string of the molecule is CC(O)CC(=O)NC(CCC(N)=O)C(=O)O.NC(Cc1ccccc1)C(=O)O. The van der Waals surface area contributed by atoms with E-state index in [1.807, 2.05) is 30.3 Å². The molecule has 3 atom stereocenters. The molecule has 156 valence electrons. The lowest BCUT2D eigenvalue weighted by Crippen LogP contribution is -2.42. The van der Waals surface area contributed by atoms with Crippen LogP contribution in [0.1, 0.15) is 31.7 Å². The summed E-state index contributed by atoms with van der Waals surface area (Å²) in [6.07, 6.45) is -0.816. The van der Waals surface area contributed by atoms with E-state index in [4.69, 9.17) is 26.8 Å². The smallest absolute Gasteiger partial charge is 0.326 e. The van der Waals surface area contributed by atoms with Crippen LogP contribution in [-0.4, -0.2) is 57.3 Å². The summed E-state index contributed by atoms with van der Waals surface area (Å²) in [5.74, 6) is -3.40. The van der Waals surface area contributed by atoms with Crippen LogP contribution in [0.25, 0.3) is 0 Å². The number of carbonyl (C=O) groups excluding carboxylic acids is 2. The zero-order chi connectivity index (χ0) is 21.7. The van der Waals surface area contributed by atoms with Crippen LogP contribution in [0.15, 0.2) is 30.3 Å². The van der Waals surface area contributed by atoms with Gasteiger partial charge in [0, 0.05) is 6.42 Å². The summed E-state index contributed by atoms with van der Waals surface area (Å²) < 4.78 is 0. The Kier molecular flexibility index (Phi) is 11.8. The van der Waals surface area contributed by atoms with Crippen LogP contribution < -0.4 is 16.8 Å². The number of hydrogen-bond acceptors (Lipinski definition) is 6. The Morgan fingerprint density at radius 2 is 1.64 bits per heavy atom. The second-order valence-electron chi connectivity index (χ2n) is 6.15. The number of carboxylic acid groups (broad SMARTS) is 2. The van der Waals surface area contributed by atoms with E-state index in [1.165, 1.54) is 6.92 Å². The van der Waals surface area contributed by atoms with Crippen molar-refractivity contribution in [1.29, 1.82) is 0 Å². The lowest BCUT2D eigenvalue weighted by atomic mass is 10.1. The molecule has 10 nitrogen and oxygen atoms in total. The monoisotopic (exact) mass is 397 g/mol. The molecule has 3 unspecified atom stereocenters. The molecular formula is C18H27N3O7. The van der Waals surface area contributed by atoms with Crippen LogP contribution >= 0.6 is 0 Å². The topological polar surface area (TPSA) is 193 Å². The van der Waals surface area contributed by atoms with Crippen molar-refractivity contribution in [2.24, 2.45) is 11.5 Å². The van der Waals surface area contributed by atoms with Gasteiger partial charge in [-0.2, -0.15) is 0 Å². The predicted molar refractivity (Wildman–Crippen MR) is 100 cm³/mol. The van der Waals surface area contributed by atoms with Gasteiger partial charge in [-0.15, -0.1) is 0 Å². The summed E-state index contributed by atoms with van der Waals surface area (Å²) in [5, 5.41) is 28.4. The maximum absolute atomic E-state index is 11.2. The third-order valence-corrected chi connectivity index (χ3v) is 3.41. The summed E-state index contributed by atoms with van der Waals surface area (Å²) in [6.45, 7) is 1.42. The van der Waals surface area contributed by atoms with Crippen molar-refractivity contribution < 1.29 is 34.5 Å². The van der Waals surface area contributed by atoms with Crippen LogP contribution in [0.3, 0.4) is 0 Å². The van der Waals surface area contributed by atoms with Crippen LogP contribution in [0.4, 0.5) is 0 Å². The number of amides is 2. The minimum atomic E-state index is -1.24. The van der Waals surface area contributed by atoms with Crippen molar-refractivity contribution in [3.8, 4) is 0 Å². The Morgan fingerprint density at radius 3 is 2.07 bits per heavy atom. The van der Waals surface area contributed by atoms with Gasteiger partial charge in [-0.05, 0) is 25.3 Å². The number of hydrogen-bond donors (Lipinski definition) is 6. The quantitative estimate of drug-likeness (QED) is 0.296. The Balaban J connectivity index is 0.000000540. The highest BCUT2D eigenvalue weighted by Crippen LogP contribution is 2.01. The second-order valence-corrected chi connectivity index (χ2v) is 6.15. The molecule has 0 heterocycles. The van der Waals surface area contributed by atoms with Gasteiger partial charge < -0.3 is 32.1 Å². The predicted octanol–water partition coefficient (Wildman–Crippen LogP) is -0.767. The number of carbonyl (C=O) groups is 4. The van der Waals surface area contributed by atoms with Gasteiger partial charge in [0.15, 0.2) is 0 Å². The van der Waals surface area contributed by atoms with E-state index in [0.29, 0.717) is 6.42 Å². The molecule has 0 fully saturated rings. The average Bonchev–Trinajstić information content (AvgIpc) is 2.58. The molecule has 0 saturated carbocycles. The molecular weight excluding hydrogens is 370 g/mol. The van der Waals surface area contributed by atoms with Crippen molar-refractivity contribution in [2.75, 3.05) is 0 Å². The summed E-state index contributed by atoms with van der Waals surface area (Å²) in [5.41, 5.74) is 11.2. The van der Waals surface area contributed by atoms with Gasteiger partial charge in [-0.25, -0.2) is 4.79 Å². The Labute approximate surface area is 162 Å². The fraction of sp³-hybridized carbons (Fsp3) is 0.444. The molecule has 10 heteroatoms. The van der Waals surface area contributed by atoms with Crippen molar-refractivity contribution in [2.45, 2.75) is 50.8 Å². The molecule has 0 aliphatic heterocycles. The minimum absolute atomic E-state index is 0.0593. The Bertz CT molecular complexity index is 650. The fourth-order valence-electron chi connectivity index (χ4n) is 2.02. The molecule has 0 bridgehead atoms. The molecule has 0 aliphatic carbocycles. The summed E-state index contributed by atoms with van der Waals surface area (Å²) >= 11 is 0. The number of benzene rings is 1. The third kappa shape index (κ3) is 12.4. The van der Waals surface area contributed by atoms with E-state index >= 15 is 0 Å². The Hall–Kier alpha value is -2.98. The highest BCUT2D eigenvalue weighted by atomic mass is 16.4. The fourth-order valence-corrected chi connectivity index (χ4v) is 2.02. The molecule has 1 rings (SSSR count). The van der Waals surface area contributed by atoms with Gasteiger partial charge in [0.1, 0.15) is 12.1 Å². The minimum Gasteiger partial charge on any atom is -0.480 e. The average molecular weight is 397 g/mol. The molecule has 28 heavy (non-hydrogen) atoms. The van der Waals surface area contributed by atoms with E-state index in [2.05, 4.69) is 5.32 Å². The number of primary amides is 1. The van der Waals surface area contributed by atoms with Gasteiger partial charge in [0.25, 0.3) is 0 Å². The van der Waals surface area contributed by atoms with E-state index in [0.717, 1.165) is 5.56 Å². The highest BCUT2D eigenvalue weighted by Gasteiger charge is 2.20. The largest absolute Gasteiger partial charge is 0.480 e. The van der Waals surface area contributed by atoms with Gasteiger partial charge in [0.05, 0.1) is 12.5 Å². The molecule has 0 aliphatic rings. The van der Waals surface area contributed by atoms with Crippen molar-refractivity contribution in [1.82, 2.24) is 5.32 Å². The molecule has 2 amide bonds.